The second kappa shape index (κ2) is 7.54. The summed E-state index contributed by atoms with van der Waals surface area (Å²) in [6.07, 6.45) is 4.44. The topological polar surface area (TPSA) is 99.6 Å². The van der Waals surface area contributed by atoms with Gasteiger partial charge >= 0.3 is 0 Å². The van der Waals surface area contributed by atoms with Gasteiger partial charge in [0.15, 0.2) is 0 Å². The molecule has 2 N–H and O–H groups in total. The van der Waals surface area contributed by atoms with E-state index in [1.165, 1.54) is 6.92 Å². The van der Waals surface area contributed by atoms with Crippen LogP contribution in [0.2, 0.25) is 0 Å². The van der Waals surface area contributed by atoms with Crippen molar-refractivity contribution in [1.29, 1.82) is 0 Å². The van der Waals surface area contributed by atoms with Crippen LogP contribution >= 0.6 is 0 Å². The molecule has 3 amide bonds. The Hall–Kier alpha value is -2.42. The Morgan fingerprint density at radius 2 is 2.00 bits per heavy atom. The summed E-state index contributed by atoms with van der Waals surface area (Å²) in [6, 6.07) is 1.40. The summed E-state index contributed by atoms with van der Waals surface area (Å²) in [7, 11) is 1.88. The molecule has 3 aliphatic rings. The Balaban J connectivity index is 1.51. The van der Waals surface area contributed by atoms with E-state index in [9.17, 15) is 14.4 Å². The number of nitrogens with zero attached hydrogens (tertiary/aromatic N) is 4. The lowest BCUT2D eigenvalue weighted by molar-refractivity contribution is -0.136. The van der Waals surface area contributed by atoms with E-state index in [-0.39, 0.29) is 35.7 Å². The molecule has 0 radical (unpaired) electrons. The van der Waals surface area contributed by atoms with Crippen LogP contribution in [0.3, 0.4) is 0 Å². The highest BCUT2D eigenvalue weighted by atomic mass is 16.2. The first kappa shape index (κ1) is 18.9. The van der Waals surface area contributed by atoms with E-state index in [1.807, 2.05) is 24.2 Å². The highest BCUT2D eigenvalue weighted by molar-refractivity contribution is 5.90. The summed E-state index contributed by atoms with van der Waals surface area (Å²) >= 11 is 0. The Bertz CT molecular complexity index is 773. The maximum atomic E-state index is 13.2. The monoisotopic (exact) mass is 388 g/mol. The third-order valence-electron chi connectivity index (χ3n) is 5.73. The molecule has 3 heterocycles. The lowest BCUT2D eigenvalue weighted by atomic mass is 10.1. The first-order valence-corrected chi connectivity index (χ1v) is 9.98. The van der Waals surface area contributed by atoms with E-state index in [4.69, 9.17) is 0 Å². The third kappa shape index (κ3) is 4.19. The summed E-state index contributed by atoms with van der Waals surface area (Å²) in [5.74, 6) is -0.0941. The molecule has 0 unspecified atom stereocenters. The van der Waals surface area contributed by atoms with Crippen molar-refractivity contribution in [1.82, 2.24) is 30.2 Å². The van der Waals surface area contributed by atoms with Gasteiger partial charge in [-0.25, -0.2) is 0 Å². The highest BCUT2D eigenvalue weighted by Gasteiger charge is 2.43. The minimum atomic E-state index is -0.558. The van der Waals surface area contributed by atoms with Gasteiger partial charge in [0.25, 0.3) is 0 Å². The molecule has 0 aromatic carbocycles. The molecule has 152 valence electrons. The van der Waals surface area contributed by atoms with Crippen LogP contribution in [0.1, 0.15) is 31.9 Å². The zero-order chi connectivity index (χ0) is 19.8. The van der Waals surface area contributed by atoms with E-state index in [0.29, 0.717) is 26.2 Å². The maximum absolute atomic E-state index is 13.2. The molecule has 1 aliphatic carbocycles. The molecule has 2 saturated heterocycles. The van der Waals surface area contributed by atoms with E-state index in [0.717, 1.165) is 25.0 Å². The van der Waals surface area contributed by atoms with E-state index >= 15 is 0 Å². The largest absolute Gasteiger partial charge is 0.352 e. The fourth-order valence-corrected chi connectivity index (χ4v) is 4.31. The quantitative estimate of drug-likeness (QED) is 0.691. The molecule has 9 heteroatoms. The molecule has 2 aliphatic heterocycles. The Morgan fingerprint density at radius 1 is 1.21 bits per heavy atom. The normalized spacial score (nSPS) is 28.0. The molecule has 1 aromatic rings. The number of carbonyl (C=O) groups is 3. The minimum absolute atomic E-state index is 0.0211. The van der Waals surface area contributed by atoms with Crippen LogP contribution in [0, 0.1) is 5.92 Å². The number of aryl methyl sites for hydroxylation is 1. The molecule has 1 saturated carbocycles. The van der Waals surface area contributed by atoms with Gasteiger partial charge in [-0.15, -0.1) is 0 Å². The first-order chi connectivity index (χ1) is 13.4. The number of rotatable bonds is 5. The standard InChI is InChI=1S/C19H28N6O3/c1-12(26)20-15-7-16-10-24(8-14-5-6-23(2)22-14)11-17(19(28)25(16)9-15)21-18(27)13-3-4-13/h5-6,13,15-17H,3-4,7-11H2,1-2H3,(H,20,26)(H,21,27)/t15-,16-,17-/m0/s1. The van der Waals surface area contributed by atoms with Gasteiger partial charge < -0.3 is 15.5 Å². The van der Waals surface area contributed by atoms with Gasteiger partial charge in [0.2, 0.25) is 17.7 Å². The van der Waals surface area contributed by atoms with Crippen molar-refractivity contribution in [3.05, 3.63) is 18.0 Å². The van der Waals surface area contributed by atoms with Crippen molar-refractivity contribution in [3.8, 4) is 0 Å². The van der Waals surface area contributed by atoms with Crippen LogP contribution in [-0.2, 0) is 28.0 Å². The number of hydrogen-bond acceptors (Lipinski definition) is 5. The molecule has 3 fully saturated rings. The van der Waals surface area contributed by atoms with E-state index in [2.05, 4.69) is 20.6 Å². The molecule has 4 rings (SSSR count). The van der Waals surface area contributed by atoms with Gasteiger partial charge in [0.1, 0.15) is 6.04 Å². The van der Waals surface area contributed by atoms with Gasteiger partial charge in [0.05, 0.1) is 5.69 Å². The molecule has 28 heavy (non-hydrogen) atoms. The number of carbonyl (C=O) groups excluding carboxylic acids is 3. The van der Waals surface area contributed by atoms with Crippen LogP contribution in [-0.4, -0.2) is 75.1 Å². The first-order valence-electron chi connectivity index (χ1n) is 9.98. The summed E-state index contributed by atoms with van der Waals surface area (Å²) in [6.45, 7) is 3.80. The highest BCUT2D eigenvalue weighted by Crippen LogP contribution is 2.30. The number of fused-ring (bicyclic) bond motifs is 1. The fourth-order valence-electron chi connectivity index (χ4n) is 4.31. The average Bonchev–Trinajstić information content (AvgIpc) is 3.31. The number of aromatic nitrogens is 2. The van der Waals surface area contributed by atoms with Crippen molar-refractivity contribution in [2.24, 2.45) is 13.0 Å². The smallest absolute Gasteiger partial charge is 0.246 e. The van der Waals surface area contributed by atoms with Gasteiger partial charge in [0, 0.05) is 64.3 Å². The summed E-state index contributed by atoms with van der Waals surface area (Å²) in [4.78, 5) is 41.0. The zero-order valence-corrected chi connectivity index (χ0v) is 16.4. The van der Waals surface area contributed by atoms with E-state index in [1.54, 1.807) is 4.68 Å². The predicted molar refractivity (Wildman–Crippen MR) is 101 cm³/mol. The van der Waals surface area contributed by atoms with Gasteiger partial charge in [-0.2, -0.15) is 5.10 Å². The molecular formula is C19H28N6O3. The maximum Gasteiger partial charge on any atom is 0.246 e. The predicted octanol–water partition coefficient (Wildman–Crippen LogP) is -0.764. The van der Waals surface area contributed by atoms with Crippen molar-refractivity contribution in [2.45, 2.75) is 50.9 Å². The van der Waals surface area contributed by atoms with Crippen LogP contribution < -0.4 is 10.6 Å². The van der Waals surface area contributed by atoms with Crippen molar-refractivity contribution in [3.63, 3.8) is 0 Å². The second-order valence-electron chi connectivity index (χ2n) is 8.29. The average molecular weight is 388 g/mol. The Morgan fingerprint density at radius 3 is 2.64 bits per heavy atom. The van der Waals surface area contributed by atoms with Crippen LogP contribution in [0.25, 0.3) is 0 Å². The molecule has 0 spiro atoms. The third-order valence-corrected chi connectivity index (χ3v) is 5.73. The summed E-state index contributed by atoms with van der Waals surface area (Å²) < 4.78 is 1.76. The summed E-state index contributed by atoms with van der Waals surface area (Å²) in [5.41, 5.74) is 0.937. The number of amides is 3. The van der Waals surface area contributed by atoms with Gasteiger partial charge in [-0.1, -0.05) is 0 Å². The molecule has 9 nitrogen and oxygen atoms in total. The van der Waals surface area contributed by atoms with E-state index < -0.39 is 6.04 Å². The van der Waals surface area contributed by atoms with Gasteiger partial charge in [-0.3, -0.25) is 24.0 Å². The zero-order valence-electron chi connectivity index (χ0n) is 16.4. The lowest BCUT2D eigenvalue weighted by Gasteiger charge is -2.24. The van der Waals surface area contributed by atoms with Gasteiger partial charge in [-0.05, 0) is 25.3 Å². The molecule has 1 aromatic heterocycles. The fraction of sp³-hybridized carbons (Fsp3) is 0.684. The van der Waals surface area contributed by atoms with Crippen molar-refractivity contribution < 1.29 is 14.4 Å². The Labute approximate surface area is 164 Å². The van der Waals surface area contributed by atoms with Crippen molar-refractivity contribution >= 4 is 17.7 Å². The Kier molecular flexibility index (Phi) is 5.09. The second-order valence-corrected chi connectivity index (χ2v) is 8.29. The molecule has 3 atom stereocenters. The van der Waals surface area contributed by atoms with Crippen LogP contribution in [0.4, 0.5) is 0 Å². The molecular weight excluding hydrogens is 360 g/mol. The SMILES string of the molecule is CC(=O)N[C@H]1C[C@H]2CN(Cc3ccn(C)n3)C[C@H](NC(=O)C3CC3)C(=O)N2C1. The number of hydrogen-bond donors (Lipinski definition) is 2. The minimum Gasteiger partial charge on any atom is -0.352 e. The number of nitrogens with one attached hydrogen (secondary N) is 2. The lowest BCUT2D eigenvalue weighted by Crippen LogP contribution is -2.52. The van der Waals surface area contributed by atoms with Crippen LogP contribution in [0.5, 0.6) is 0 Å². The summed E-state index contributed by atoms with van der Waals surface area (Å²) in [5, 5.41) is 10.4. The van der Waals surface area contributed by atoms with Crippen LogP contribution in [0.15, 0.2) is 12.3 Å². The van der Waals surface area contributed by atoms with Crippen molar-refractivity contribution in [2.75, 3.05) is 19.6 Å². The molecule has 0 bridgehead atoms.